The van der Waals surface area contributed by atoms with Gasteiger partial charge in [0.2, 0.25) is 0 Å². The van der Waals surface area contributed by atoms with E-state index in [1.165, 1.54) is 77.8 Å². The van der Waals surface area contributed by atoms with Crippen molar-refractivity contribution in [3.8, 4) is 0 Å². The highest BCUT2D eigenvalue weighted by molar-refractivity contribution is 9.09. The van der Waals surface area contributed by atoms with Crippen LogP contribution in [0, 0.1) is 0 Å². The average Bonchev–Trinajstić information content (AvgIpc) is 3.03. The largest absolute Gasteiger partial charge is 0.370 e. The van der Waals surface area contributed by atoms with Gasteiger partial charge in [-0.3, -0.25) is 9.80 Å². The Morgan fingerprint density at radius 1 is 1.00 bits per heavy atom. The fourth-order valence-electron chi connectivity index (χ4n) is 4.01. The number of ether oxygens (including phenoxy) is 1. The van der Waals surface area contributed by atoms with E-state index in [0.29, 0.717) is 11.7 Å². The van der Waals surface area contributed by atoms with Gasteiger partial charge >= 0.3 is 0 Å². The molecule has 1 saturated carbocycles. The van der Waals surface area contributed by atoms with Gasteiger partial charge in [-0.05, 0) is 25.7 Å². The molecule has 2 heterocycles. The first-order chi connectivity index (χ1) is 9.30. The molecule has 2 saturated heterocycles. The monoisotopic (exact) mass is 330 g/mol. The Balaban J connectivity index is 1.41. The lowest BCUT2D eigenvalue weighted by atomic mass is 9.98. The van der Waals surface area contributed by atoms with Gasteiger partial charge in [0, 0.05) is 44.6 Å². The molecule has 3 nitrogen and oxygen atoms in total. The van der Waals surface area contributed by atoms with Gasteiger partial charge in [-0.2, -0.15) is 0 Å². The number of hydrogen-bond donors (Lipinski definition) is 0. The van der Waals surface area contributed by atoms with Crippen LogP contribution in [0.1, 0.15) is 38.5 Å². The van der Waals surface area contributed by atoms with Crippen molar-refractivity contribution < 1.29 is 4.74 Å². The van der Waals surface area contributed by atoms with E-state index in [9.17, 15) is 0 Å². The molecule has 0 N–H and O–H groups in total. The molecule has 4 heteroatoms. The van der Waals surface area contributed by atoms with Crippen LogP contribution in [-0.2, 0) is 4.74 Å². The summed E-state index contributed by atoms with van der Waals surface area (Å²) in [6.45, 7) is 7.26. The predicted octanol–water partition coefficient (Wildman–Crippen LogP) is 2.49. The second kappa shape index (κ2) is 6.42. The van der Waals surface area contributed by atoms with Gasteiger partial charge in [-0.15, -0.1) is 0 Å². The SMILES string of the molecule is BrCCN1CCN(CC2CCC3(CCCC3)O2)CC1. The van der Waals surface area contributed by atoms with Gasteiger partial charge in [0.25, 0.3) is 0 Å². The zero-order valence-corrected chi connectivity index (χ0v) is 13.5. The summed E-state index contributed by atoms with van der Waals surface area (Å²) in [5.41, 5.74) is 0.308. The topological polar surface area (TPSA) is 15.7 Å². The van der Waals surface area contributed by atoms with Crippen LogP contribution in [0.3, 0.4) is 0 Å². The predicted molar refractivity (Wildman–Crippen MR) is 82.0 cm³/mol. The molecule has 1 aliphatic carbocycles. The maximum Gasteiger partial charge on any atom is 0.0710 e. The van der Waals surface area contributed by atoms with Crippen molar-refractivity contribution in [2.75, 3.05) is 44.6 Å². The van der Waals surface area contributed by atoms with E-state index in [2.05, 4.69) is 25.7 Å². The highest BCUT2D eigenvalue weighted by Gasteiger charge is 2.42. The van der Waals surface area contributed by atoms with Crippen molar-refractivity contribution >= 4 is 15.9 Å². The van der Waals surface area contributed by atoms with Gasteiger partial charge in [-0.1, -0.05) is 28.8 Å². The average molecular weight is 331 g/mol. The first-order valence-electron chi connectivity index (χ1n) is 7.98. The van der Waals surface area contributed by atoms with E-state index in [1.54, 1.807) is 0 Å². The molecule has 110 valence electrons. The van der Waals surface area contributed by atoms with E-state index in [0.717, 1.165) is 5.33 Å². The van der Waals surface area contributed by atoms with Crippen LogP contribution in [-0.4, -0.2) is 66.1 Å². The number of piperazine rings is 1. The molecule has 3 aliphatic rings. The number of alkyl halides is 1. The fraction of sp³-hybridized carbons (Fsp3) is 1.00. The number of rotatable bonds is 4. The Morgan fingerprint density at radius 3 is 2.37 bits per heavy atom. The van der Waals surface area contributed by atoms with Crippen LogP contribution in [0.15, 0.2) is 0 Å². The summed E-state index contributed by atoms with van der Waals surface area (Å²) in [6.07, 6.45) is 8.55. The standard InChI is InChI=1S/C15H27BrN2O/c16-7-8-17-9-11-18(12-10-17)13-14-3-6-15(19-14)4-1-2-5-15/h14H,1-13H2. The van der Waals surface area contributed by atoms with Crippen molar-refractivity contribution in [1.29, 1.82) is 0 Å². The summed E-state index contributed by atoms with van der Waals surface area (Å²) < 4.78 is 6.42. The number of nitrogens with zero attached hydrogens (tertiary/aromatic N) is 2. The first kappa shape index (κ1) is 14.3. The Bertz CT molecular complexity index is 286. The van der Waals surface area contributed by atoms with Crippen LogP contribution in [0.5, 0.6) is 0 Å². The lowest BCUT2D eigenvalue weighted by molar-refractivity contribution is -0.0507. The minimum Gasteiger partial charge on any atom is -0.370 e. The molecular formula is C15H27BrN2O. The molecule has 0 radical (unpaired) electrons. The lowest BCUT2D eigenvalue weighted by Crippen LogP contribution is -2.49. The zero-order valence-electron chi connectivity index (χ0n) is 12.0. The second-order valence-electron chi connectivity index (χ2n) is 6.50. The zero-order chi connectivity index (χ0) is 13.1. The molecular weight excluding hydrogens is 304 g/mol. The maximum absolute atomic E-state index is 6.42. The molecule has 0 aromatic heterocycles. The molecule has 3 fully saturated rings. The highest BCUT2D eigenvalue weighted by atomic mass is 79.9. The Kier molecular flexibility index (Phi) is 4.83. The Morgan fingerprint density at radius 2 is 1.68 bits per heavy atom. The molecule has 19 heavy (non-hydrogen) atoms. The maximum atomic E-state index is 6.42. The summed E-state index contributed by atoms with van der Waals surface area (Å²) >= 11 is 3.53. The molecule has 3 rings (SSSR count). The van der Waals surface area contributed by atoms with E-state index < -0.39 is 0 Å². The third kappa shape index (κ3) is 3.52. The molecule has 0 aromatic rings. The smallest absolute Gasteiger partial charge is 0.0710 e. The summed E-state index contributed by atoms with van der Waals surface area (Å²) in [4.78, 5) is 5.17. The second-order valence-corrected chi connectivity index (χ2v) is 7.29. The number of hydrogen-bond acceptors (Lipinski definition) is 3. The summed E-state index contributed by atoms with van der Waals surface area (Å²) in [5.74, 6) is 0. The number of halogens is 1. The van der Waals surface area contributed by atoms with Crippen LogP contribution in [0.25, 0.3) is 0 Å². The van der Waals surface area contributed by atoms with E-state index in [1.807, 2.05) is 0 Å². The highest BCUT2D eigenvalue weighted by Crippen LogP contribution is 2.43. The normalized spacial score (nSPS) is 32.4. The van der Waals surface area contributed by atoms with Gasteiger partial charge in [0.15, 0.2) is 0 Å². The molecule has 1 spiro atoms. The lowest BCUT2D eigenvalue weighted by Gasteiger charge is -2.36. The van der Waals surface area contributed by atoms with E-state index >= 15 is 0 Å². The van der Waals surface area contributed by atoms with Crippen LogP contribution < -0.4 is 0 Å². The third-order valence-electron chi connectivity index (χ3n) is 5.18. The molecule has 0 amide bonds. The van der Waals surface area contributed by atoms with E-state index in [-0.39, 0.29) is 0 Å². The fourth-order valence-corrected chi connectivity index (χ4v) is 4.52. The van der Waals surface area contributed by atoms with Gasteiger partial charge in [-0.25, -0.2) is 0 Å². The minimum absolute atomic E-state index is 0.308. The van der Waals surface area contributed by atoms with Crippen molar-refractivity contribution in [3.05, 3.63) is 0 Å². The molecule has 0 bridgehead atoms. The van der Waals surface area contributed by atoms with Crippen molar-refractivity contribution in [3.63, 3.8) is 0 Å². The summed E-state index contributed by atoms with van der Waals surface area (Å²) in [7, 11) is 0. The molecule has 0 aromatic carbocycles. The van der Waals surface area contributed by atoms with Gasteiger partial charge in [0.1, 0.15) is 0 Å². The Labute approximate surface area is 125 Å². The van der Waals surface area contributed by atoms with Crippen LogP contribution in [0.4, 0.5) is 0 Å². The quantitative estimate of drug-likeness (QED) is 0.736. The Hall–Kier alpha value is 0.360. The third-order valence-corrected chi connectivity index (χ3v) is 5.54. The molecule has 1 unspecified atom stereocenters. The summed E-state index contributed by atoms with van der Waals surface area (Å²) in [5, 5.41) is 1.10. The van der Waals surface area contributed by atoms with Crippen molar-refractivity contribution in [1.82, 2.24) is 9.80 Å². The van der Waals surface area contributed by atoms with Crippen LogP contribution >= 0.6 is 15.9 Å². The van der Waals surface area contributed by atoms with Crippen LogP contribution in [0.2, 0.25) is 0 Å². The van der Waals surface area contributed by atoms with E-state index in [4.69, 9.17) is 4.74 Å². The molecule has 1 atom stereocenters. The van der Waals surface area contributed by atoms with Gasteiger partial charge in [0.05, 0.1) is 11.7 Å². The van der Waals surface area contributed by atoms with Crippen molar-refractivity contribution in [2.45, 2.75) is 50.2 Å². The first-order valence-corrected chi connectivity index (χ1v) is 9.10. The van der Waals surface area contributed by atoms with Crippen molar-refractivity contribution in [2.24, 2.45) is 0 Å². The molecule has 2 aliphatic heterocycles. The minimum atomic E-state index is 0.308. The summed E-state index contributed by atoms with van der Waals surface area (Å²) in [6, 6.07) is 0. The van der Waals surface area contributed by atoms with Gasteiger partial charge < -0.3 is 4.74 Å².